The molecule has 0 aliphatic carbocycles. The van der Waals surface area contributed by atoms with Crippen LogP contribution >= 0.6 is 12.6 Å². The van der Waals surface area contributed by atoms with Gasteiger partial charge in [-0.2, -0.15) is 0 Å². The Morgan fingerprint density at radius 1 is 1.50 bits per heavy atom. The molecule has 1 saturated heterocycles. The van der Waals surface area contributed by atoms with Gasteiger partial charge >= 0.3 is 0 Å². The highest BCUT2D eigenvalue weighted by atomic mass is 32.1. The number of rotatable bonds is 1. The molecular formula is C13H16FNO2S. The number of hydrogen-bond acceptors (Lipinski definition) is 3. The van der Waals surface area contributed by atoms with Crippen LogP contribution in [0, 0.1) is 5.82 Å². The summed E-state index contributed by atoms with van der Waals surface area (Å²) in [5.74, 6) is -0.810. The Morgan fingerprint density at radius 3 is 2.94 bits per heavy atom. The number of halogens is 1. The Morgan fingerprint density at radius 2 is 2.22 bits per heavy atom. The van der Waals surface area contributed by atoms with E-state index in [1.54, 1.807) is 4.90 Å². The van der Waals surface area contributed by atoms with E-state index in [1.807, 2.05) is 13.8 Å². The van der Waals surface area contributed by atoms with E-state index in [2.05, 4.69) is 12.6 Å². The number of amides is 1. The van der Waals surface area contributed by atoms with Crippen LogP contribution in [-0.4, -0.2) is 36.1 Å². The maximum Gasteiger partial charge on any atom is 0.257 e. The van der Waals surface area contributed by atoms with E-state index in [0.29, 0.717) is 18.0 Å². The van der Waals surface area contributed by atoms with Gasteiger partial charge in [-0.15, -0.1) is 12.6 Å². The molecule has 1 fully saturated rings. The van der Waals surface area contributed by atoms with Crippen molar-refractivity contribution in [3.63, 3.8) is 0 Å². The fraction of sp³-hybridized carbons (Fsp3) is 0.462. The van der Waals surface area contributed by atoms with Crippen molar-refractivity contribution < 1.29 is 13.9 Å². The summed E-state index contributed by atoms with van der Waals surface area (Å²) in [7, 11) is 0. The predicted molar refractivity (Wildman–Crippen MR) is 69.6 cm³/mol. The van der Waals surface area contributed by atoms with Gasteiger partial charge in [-0.1, -0.05) is 0 Å². The summed E-state index contributed by atoms with van der Waals surface area (Å²) in [4.78, 5) is 14.6. The van der Waals surface area contributed by atoms with E-state index < -0.39 is 5.82 Å². The van der Waals surface area contributed by atoms with Gasteiger partial charge in [0.05, 0.1) is 24.3 Å². The molecule has 1 aromatic rings. The van der Waals surface area contributed by atoms with Crippen molar-refractivity contribution in [1.82, 2.24) is 4.90 Å². The molecule has 0 saturated carbocycles. The van der Waals surface area contributed by atoms with Gasteiger partial charge in [-0.25, -0.2) is 4.39 Å². The molecule has 5 heteroatoms. The first-order valence-corrected chi connectivity index (χ1v) is 6.35. The van der Waals surface area contributed by atoms with E-state index >= 15 is 0 Å². The van der Waals surface area contributed by atoms with Crippen molar-refractivity contribution in [2.45, 2.75) is 30.9 Å². The lowest BCUT2D eigenvalue weighted by Crippen LogP contribution is -2.50. The molecule has 2 rings (SSSR count). The first-order valence-electron chi connectivity index (χ1n) is 5.90. The molecule has 18 heavy (non-hydrogen) atoms. The topological polar surface area (TPSA) is 29.5 Å². The minimum atomic E-state index is -0.510. The molecule has 0 bridgehead atoms. The maximum absolute atomic E-state index is 13.7. The molecule has 1 heterocycles. The lowest BCUT2D eigenvalue weighted by molar-refractivity contribution is -0.0388. The quantitative estimate of drug-likeness (QED) is 0.793. The van der Waals surface area contributed by atoms with Crippen LogP contribution in [0.15, 0.2) is 23.1 Å². The molecule has 0 radical (unpaired) electrons. The Balaban J connectivity index is 2.27. The molecule has 1 aliphatic heterocycles. The molecule has 2 unspecified atom stereocenters. The SMILES string of the molecule is CC1CN(C(=O)c2cc(S)ccc2F)C(C)CO1. The Kier molecular flexibility index (Phi) is 3.92. The van der Waals surface area contributed by atoms with Crippen LogP contribution in [0.1, 0.15) is 24.2 Å². The van der Waals surface area contributed by atoms with Crippen molar-refractivity contribution in [2.24, 2.45) is 0 Å². The van der Waals surface area contributed by atoms with Gasteiger partial charge in [0.2, 0.25) is 0 Å². The summed E-state index contributed by atoms with van der Waals surface area (Å²) >= 11 is 4.14. The first-order chi connectivity index (χ1) is 8.49. The van der Waals surface area contributed by atoms with Gasteiger partial charge in [0.15, 0.2) is 0 Å². The molecule has 1 aromatic carbocycles. The average molecular weight is 269 g/mol. The van der Waals surface area contributed by atoms with Gasteiger partial charge < -0.3 is 9.64 Å². The summed E-state index contributed by atoms with van der Waals surface area (Å²) in [6, 6.07) is 4.22. The number of thiol groups is 1. The number of carbonyl (C=O) groups is 1. The van der Waals surface area contributed by atoms with Crippen molar-refractivity contribution in [2.75, 3.05) is 13.2 Å². The highest BCUT2D eigenvalue weighted by Crippen LogP contribution is 2.19. The summed E-state index contributed by atoms with van der Waals surface area (Å²) < 4.78 is 19.1. The second-order valence-corrected chi connectivity index (χ2v) is 5.13. The van der Waals surface area contributed by atoms with Crippen LogP contribution in [0.2, 0.25) is 0 Å². The molecular weight excluding hydrogens is 253 g/mol. The summed E-state index contributed by atoms with van der Waals surface area (Å²) in [5, 5.41) is 0. The third kappa shape index (κ3) is 2.67. The van der Waals surface area contributed by atoms with Crippen molar-refractivity contribution >= 4 is 18.5 Å². The molecule has 2 atom stereocenters. The van der Waals surface area contributed by atoms with E-state index in [0.717, 1.165) is 0 Å². The highest BCUT2D eigenvalue weighted by molar-refractivity contribution is 7.80. The van der Waals surface area contributed by atoms with Crippen LogP contribution in [0.5, 0.6) is 0 Å². The highest BCUT2D eigenvalue weighted by Gasteiger charge is 2.29. The number of carbonyl (C=O) groups excluding carboxylic acids is 1. The standard InChI is InChI=1S/C13H16FNO2S/c1-8-7-17-9(2)6-15(8)13(16)11-5-10(18)3-4-12(11)14/h3-5,8-9,18H,6-7H2,1-2H3. The molecule has 1 amide bonds. The van der Waals surface area contributed by atoms with E-state index in [1.165, 1.54) is 18.2 Å². The average Bonchev–Trinajstić information content (AvgIpc) is 2.34. The van der Waals surface area contributed by atoms with Crippen molar-refractivity contribution in [1.29, 1.82) is 0 Å². The zero-order chi connectivity index (χ0) is 13.3. The van der Waals surface area contributed by atoms with Crippen LogP contribution in [0.25, 0.3) is 0 Å². The zero-order valence-corrected chi connectivity index (χ0v) is 11.3. The number of nitrogens with zero attached hydrogens (tertiary/aromatic N) is 1. The van der Waals surface area contributed by atoms with Gasteiger partial charge in [0.25, 0.3) is 5.91 Å². The van der Waals surface area contributed by atoms with E-state index in [9.17, 15) is 9.18 Å². The fourth-order valence-corrected chi connectivity index (χ4v) is 2.22. The molecule has 0 N–H and O–H groups in total. The van der Waals surface area contributed by atoms with Crippen LogP contribution < -0.4 is 0 Å². The molecule has 3 nitrogen and oxygen atoms in total. The van der Waals surface area contributed by atoms with Crippen LogP contribution in [-0.2, 0) is 4.74 Å². The smallest absolute Gasteiger partial charge is 0.257 e. The number of morpholine rings is 1. The minimum absolute atomic E-state index is 0.0209. The third-order valence-electron chi connectivity index (χ3n) is 3.05. The minimum Gasteiger partial charge on any atom is -0.375 e. The van der Waals surface area contributed by atoms with Crippen LogP contribution in [0.3, 0.4) is 0 Å². The molecule has 98 valence electrons. The Labute approximate surface area is 111 Å². The van der Waals surface area contributed by atoms with Gasteiger partial charge in [-0.05, 0) is 32.0 Å². The van der Waals surface area contributed by atoms with Crippen molar-refractivity contribution in [3.05, 3.63) is 29.6 Å². The van der Waals surface area contributed by atoms with Gasteiger partial charge in [0.1, 0.15) is 5.82 Å². The largest absolute Gasteiger partial charge is 0.375 e. The predicted octanol–water partition coefficient (Wildman–Crippen LogP) is 2.36. The summed E-state index contributed by atoms with van der Waals surface area (Å²) in [6.07, 6.45) is -0.0209. The number of ether oxygens (including phenoxy) is 1. The maximum atomic E-state index is 13.7. The summed E-state index contributed by atoms with van der Waals surface area (Å²) in [6.45, 7) is 4.76. The lowest BCUT2D eigenvalue weighted by atomic mass is 10.1. The zero-order valence-electron chi connectivity index (χ0n) is 10.4. The molecule has 1 aliphatic rings. The molecule has 0 aromatic heterocycles. The molecule has 0 spiro atoms. The first kappa shape index (κ1) is 13.4. The summed E-state index contributed by atoms with van der Waals surface area (Å²) in [5.41, 5.74) is 0.0726. The van der Waals surface area contributed by atoms with E-state index in [4.69, 9.17) is 4.74 Å². The number of benzene rings is 1. The van der Waals surface area contributed by atoms with E-state index in [-0.39, 0.29) is 23.6 Å². The fourth-order valence-electron chi connectivity index (χ4n) is 2.02. The van der Waals surface area contributed by atoms with Crippen LogP contribution in [0.4, 0.5) is 4.39 Å². The monoisotopic (exact) mass is 269 g/mol. The van der Waals surface area contributed by atoms with Gasteiger partial charge in [0, 0.05) is 11.4 Å². The van der Waals surface area contributed by atoms with Crippen molar-refractivity contribution in [3.8, 4) is 0 Å². The third-order valence-corrected chi connectivity index (χ3v) is 3.33. The Hall–Kier alpha value is -1.07. The second-order valence-electron chi connectivity index (χ2n) is 4.61. The lowest BCUT2D eigenvalue weighted by Gasteiger charge is -2.36. The van der Waals surface area contributed by atoms with Gasteiger partial charge in [-0.3, -0.25) is 4.79 Å². The Bertz CT molecular complexity index is 466. The normalized spacial score (nSPS) is 24.1. The number of hydrogen-bond donors (Lipinski definition) is 1. The second kappa shape index (κ2) is 5.28.